The second-order valence-corrected chi connectivity index (χ2v) is 7.97. The molecule has 180 valence electrons. The number of nitrogens with one attached hydrogen (secondary N) is 1. The normalized spacial score (nSPS) is 11.9. The summed E-state index contributed by atoms with van der Waals surface area (Å²) in [6, 6.07) is 4.55. The molecule has 0 saturated carbocycles. The number of amides is 1. The number of carbonyl (C=O) groups is 1. The van der Waals surface area contributed by atoms with Crippen molar-refractivity contribution in [1.29, 1.82) is 0 Å². The minimum absolute atomic E-state index is 0.214. The Hall–Kier alpha value is -4.46. The lowest BCUT2D eigenvalue weighted by Crippen LogP contribution is -2.40. The Morgan fingerprint density at radius 1 is 1.20 bits per heavy atom. The first-order chi connectivity index (χ1) is 16.8. The molecule has 0 bridgehead atoms. The Morgan fingerprint density at radius 3 is 2.63 bits per heavy atom. The summed E-state index contributed by atoms with van der Waals surface area (Å²) in [6.07, 6.45) is 4.28. The van der Waals surface area contributed by atoms with Gasteiger partial charge in [-0.2, -0.15) is 5.10 Å². The van der Waals surface area contributed by atoms with Crippen LogP contribution in [0.3, 0.4) is 0 Å². The number of hydrogen-bond acceptors (Lipinski definition) is 5. The lowest BCUT2D eigenvalue weighted by atomic mass is 10.2. The van der Waals surface area contributed by atoms with Gasteiger partial charge in [0, 0.05) is 24.8 Å². The molecule has 1 atom stereocenters. The number of rotatable bonds is 7. The van der Waals surface area contributed by atoms with Gasteiger partial charge in [-0.3, -0.25) is 18.7 Å². The molecule has 3 heterocycles. The van der Waals surface area contributed by atoms with Gasteiger partial charge in [0.05, 0.1) is 11.8 Å². The maximum absolute atomic E-state index is 13.4. The van der Waals surface area contributed by atoms with Crippen LogP contribution in [0.15, 0.2) is 46.2 Å². The maximum Gasteiger partial charge on any atom is 0.332 e. The van der Waals surface area contributed by atoms with Crippen LogP contribution in [0.5, 0.6) is 0 Å². The van der Waals surface area contributed by atoms with E-state index >= 15 is 0 Å². The van der Waals surface area contributed by atoms with E-state index in [9.17, 15) is 18.8 Å². The second kappa shape index (κ2) is 9.80. The summed E-state index contributed by atoms with van der Waals surface area (Å²) in [5, 5.41) is 4.19. The van der Waals surface area contributed by atoms with Crippen LogP contribution in [0.2, 0.25) is 0 Å². The number of aryl methyl sites for hydroxylation is 1. The van der Waals surface area contributed by atoms with E-state index in [-0.39, 0.29) is 11.2 Å². The van der Waals surface area contributed by atoms with Crippen LogP contribution in [0, 0.1) is 17.7 Å². The van der Waals surface area contributed by atoms with E-state index in [0.29, 0.717) is 42.9 Å². The molecule has 11 heteroatoms. The zero-order valence-corrected chi connectivity index (χ0v) is 19.3. The standard InChI is InChI=1S/C24H24FN7O3/c1-3-10-30-22-19(23(34)31(11-4-2)24(30)35)28-21(29-22)16-13-27-32(14-16)18(20(26)33)9-8-15-6-5-7-17(25)12-15/h5-7,12-14,18H,3-4,10-11H2,1-2H3,(H2,26,33)(H,28,29). The molecule has 0 spiro atoms. The van der Waals surface area contributed by atoms with Gasteiger partial charge in [-0.05, 0) is 31.0 Å². The summed E-state index contributed by atoms with van der Waals surface area (Å²) < 4.78 is 17.4. The Kier molecular flexibility index (Phi) is 6.64. The average molecular weight is 478 g/mol. The molecule has 0 radical (unpaired) electrons. The lowest BCUT2D eigenvalue weighted by Gasteiger charge is -2.09. The Bertz CT molecular complexity index is 1580. The molecule has 0 aliphatic heterocycles. The van der Waals surface area contributed by atoms with E-state index < -0.39 is 29.0 Å². The summed E-state index contributed by atoms with van der Waals surface area (Å²) in [6.45, 7) is 4.52. The molecule has 4 rings (SSSR count). The van der Waals surface area contributed by atoms with Gasteiger partial charge in [-0.15, -0.1) is 0 Å². The van der Waals surface area contributed by atoms with Crippen molar-refractivity contribution < 1.29 is 9.18 Å². The summed E-state index contributed by atoms with van der Waals surface area (Å²) in [5.41, 5.74) is 6.01. The van der Waals surface area contributed by atoms with Gasteiger partial charge in [-0.1, -0.05) is 31.8 Å². The van der Waals surface area contributed by atoms with Crippen molar-refractivity contribution in [3.05, 3.63) is 68.9 Å². The van der Waals surface area contributed by atoms with Crippen LogP contribution in [-0.4, -0.2) is 34.8 Å². The number of halogens is 1. The molecule has 10 nitrogen and oxygen atoms in total. The number of aromatic amines is 1. The number of aromatic nitrogens is 6. The molecule has 0 fully saturated rings. The van der Waals surface area contributed by atoms with Crippen molar-refractivity contribution in [2.24, 2.45) is 5.73 Å². The van der Waals surface area contributed by atoms with E-state index in [1.54, 1.807) is 6.07 Å². The van der Waals surface area contributed by atoms with Crippen molar-refractivity contribution >= 4 is 17.1 Å². The van der Waals surface area contributed by atoms with Crippen molar-refractivity contribution in [2.45, 2.75) is 45.8 Å². The molecule has 0 aliphatic rings. The van der Waals surface area contributed by atoms with E-state index in [1.165, 1.54) is 44.4 Å². The van der Waals surface area contributed by atoms with Crippen molar-refractivity contribution in [3.63, 3.8) is 0 Å². The Morgan fingerprint density at radius 2 is 1.94 bits per heavy atom. The largest absolute Gasteiger partial charge is 0.367 e. The van der Waals surface area contributed by atoms with Crippen LogP contribution in [0.1, 0.15) is 38.3 Å². The molecule has 1 aromatic carbocycles. The molecular formula is C24H24FN7O3. The smallest absolute Gasteiger partial charge is 0.332 e. The molecule has 3 N–H and O–H groups in total. The maximum atomic E-state index is 13.4. The third-order valence-corrected chi connectivity index (χ3v) is 5.34. The number of nitrogens with zero attached hydrogens (tertiary/aromatic N) is 5. The second-order valence-electron chi connectivity index (χ2n) is 7.97. The number of primary amides is 1. The van der Waals surface area contributed by atoms with Gasteiger partial charge in [0.15, 0.2) is 11.7 Å². The highest BCUT2D eigenvalue weighted by atomic mass is 19.1. The summed E-state index contributed by atoms with van der Waals surface area (Å²) in [4.78, 5) is 45.4. The van der Waals surface area contributed by atoms with Gasteiger partial charge in [0.25, 0.3) is 11.5 Å². The summed E-state index contributed by atoms with van der Waals surface area (Å²) in [7, 11) is 0. The number of H-pyrrole nitrogens is 1. The zero-order valence-electron chi connectivity index (χ0n) is 19.3. The van der Waals surface area contributed by atoms with E-state index in [0.717, 1.165) is 0 Å². The monoisotopic (exact) mass is 477 g/mol. The van der Waals surface area contributed by atoms with E-state index in [1.807, 2.05) is 13.8 Å². The number of benzene rings is 1. The highest BCUT2D eigenvalue weighted by Crippen LogP contribution is 2.19. The number of fused-ring (bicyclic) bond motifs is 1. The predicted octanol–water partition coefficient (Wildman–Crippen LogP) is 1.79. The average Bonchev–Trinajstić information content (AvgIpc) is 3.47. The number of imidazole rings is 1. The third-order valence-electron chi connectivity index (χ3n) is 5.34. The fourth-order valence-electron chi connectivity index (χ4n) is 3.74. The van der Waals surface area contributed by atoms with Crippen molar-refractivity contribution in [1.82, 2.24) is 28.9 Å². The van der Waals surface area contributed by atoms with Crippen LogP contribution in [0.4, 0.5) is 4.39 Å². The molecule has 0 saturated heterocycles. The molecular weight excluding hydrogens is 453 g/mol. The number of nitrogens with two attached hydrogens (primary N) is 1. The van der Waals surface area contributed by atoms with Crippen LogP contribution >= 0.6 is 0 Å². The van der Waals surface area contributed by atoms with Gasteiger partial charge in [0.1, 0.15) is 17.2 Å². The quantitative estimate of drug-likeness (QED) is 0.392. The minimum Gasteiger partial charge on any atom is -0.367 e. The highest BCUT2D eigenvalue weighted by Gasteiger charge is 2.20. The molecule has 1 unspecified atom stereocenters. The molecule has 4 aromatic rings. The van der Waals surface area contributed by atoms with Gasteiger partial charge in [-0.25, -0.2) is 18.9 Å². The molecule has 0 aliphatic carbocycles. The molecule has 35 heavy (non-hydrogen) atoms. The summed E-state index contributed by atoms with van der Waals surface area (Å²) >= 11 is 0. The van der Waals surface area contributed by atoms with Crippen molar-refractivity contribution in [3.8, 4) is 23.2 Å². The highest BCUT2D eigenvalue weighted by molar-refractivity contribution is 5.82. The SMILES string of the molecule is CCCn1c(=O)c2[nH]c(-c3cnn(C(C#Cc4cccc(F)c4)C(N)=O)c3)nc2n(CCC)c1=O. The number of hydrogen-bond donors (Lipinski definition) is 2. The molecule has 1 amide bonds. The van der Waals surface area contributed by atoms with Crippen molar-refractivity contribution in [2.75, 3.05) is 0 Å². The first-order valence-electron chi connectivity index (χ1n) is 11.2. The lowest BCUT2D eigenvalue weighted by molar-refractivity contribution is -0.119. The van der Waals surface area contributed by atoms with Crippen LogP contribution < -0.4 is 17.0 Å². The van der Waals surface area contributed by atoms with E-state index in [2.05, 4.69) is 26.9 Å². The van der Waals surface area contributed by atoms with Crippen LogP contribution in [0.25, 0.3) is 22.6 Å². The Balaban J connectivity index is 1.76. The fourth-order valence-corrected chi connectivity index (χ4v) is 3.74. The zero-order chi connectivity index (χ0) is 25.1. The van der Waals surface area contributed by atoms with Crippen LogP contribution in [-0.2, 0) is 17.9 Å². The Labute approximate surface area is 199 Å². The summed E-state index contributed by atoms with van der Waals surface area (Å²) in [5.74, 6) is 4.57. The molecule has 3 aromatic heterocycles. The number of carbonyl (C=O) groups excluding carboxylic acids is 1. The fraction of sp³-hybridized carbons (Fsp3) is 0.292. The first-order valence-corrected chi connectivity index (χ1v) is 11.2. The minimum atomic E-state index is -1.11. The first kappa shape index (κ1) is 23.7. The predicted molar refractivity (Wildman–Crippen MR) is 128 cm³/mol. The van der Waals surface area contributed by atoms with E-state index in [4.69, 9.17) is 5.73 Å². The third kappa shape index (κ3) is 4.63. The topological polar surface area (TPSA) is 134 Å². The van der Waals surface area contributed by atoms with Gasteiger partial charge < -0.3 is 10.7 Å². The van der Waals surface area contributed by atoms with Gasteiger partial charge >= 0.3 is 5.69 Å². The van der Waals surface area contributed by atoms with Gasteiger partial charge in [0.2, 0.25) is 0 Å².